The Bertz CT molecular complexity index is 1140. The lowest BCUT2D eigenvalue weighted by Crippen LogP contribution is -2.50. The molecule has 1 saturated heterocycles. The fourth-order valence-corrected chi connectivity index (χ4v) is 5.99. The molecule has 3 aromatic rings. The molecule has 2 aliphatic heterocycles. The topological polar surface area (TPSA) is 35.6 Å². The average Bonchev–Trinajstić information content (AvgIpc) is 3.35. The van der Waals surface area contributed by atoms with Gasteiger partial charge in [0, 0.05) is 35.6 Å². The van der Waals surface area contributed by atoms with Crippen molar-refractivity contribution in [3.05, 3.63) is 70.7 Å². The van der Waals surface area contributed by atoms with Crippen LogP contribution < -0.4 is 10.2 Å². The SMILES string of the molecule is O=C[C@@H]1Nc2ccccc2N1C1CCN(C2Cc3cccc4c(Cl)ccc2c34)CC1. The van der Waals surface area contributed by atoms with Gasteiger partial charge >= 0.3 is 0 Å². The number of benzene rings is 3. The first-order chi connectivity index (χ1) is 14.7. The Hall–Kier alpha value is -2.56. The molecule has 152 valence electrons. The first kappa shape index (κ1) is 18.2. The van der Waals surface area contributed by atoms with Crippen LogP contribution in [0.1, 0.15) is 30.0 Å². The number of nitrogens with zero attached hydrogens (tertiary/aromatic N) is 2. The van der Waals surface area contributed by atoms with Gasteiger partial charge < -0.3 is 10.2 Å². The average molecular weight is 418 g/mol. The number of nitrogens with one attached hydrogen (secondary N) is 1. The first-order valence-corrected chi connectivity index (χ1v) is 11.2. The van der Waals surface area contributed by atoms with Gasteiger partial charge in [-0.05, 0) is 54.0 Å². The quantitative estimate of drug-likeness (QED) is 0.607. The molecule has 0 aromatic heterocycles. The molecule has 6 rings (SSSR count). The van der Waals surface area contributed by atoms with Crippen molar-refractivity contribution >= 4 is 40.0 Å². The standard InChI is InChI=1S/C25H24ClN3O/c26-20-9-8-19-23(14-16-4-3-5-18(20)25(16)19)28-12-10-17(11-13-28)29-22-7-2-1-6-21(22)27-24(29)15-30/h1-9,15,17,23-24,27H,10-14H2/t23?,24-/m1/s1. The zero-order chi connectivity index (χ0) is 20.2. The Balaban J connectivity index is 1.23. The number of carbonyl (C=O) groups excluding carboxylic acids is 1. The predicted molar refractivity (Wildman–Crippen MR) is 122 cm³/mol. The summed E-state index contributed by atoms with van der Waals surface area (Å²) in [7, 11) is 0. The Labute approximate surface area is 181 Å². The van der Waals surface area contributed by atoms with E-state index in [1.807, 2.05) is 6.07 Å². The number of rotatable bonds is 3. The molecule has 0 bridgehead atoms. The van der Waals surface area contributed by atoms with Gasteiger partial charge in [-0.25, -0.2) is 0 Å². The van der Waals surface area contributed by atoms with Gasteiger partial charge in [0.2, 0.25) is 0 Å². The molecule has 0 amide bonds. The molecule has 0 saturated carbocycles. The van der Waals surface area contributed by atoms with Crippen LogP contribution in [0.5, 0.6) is 0 Å². The molecule has 2 heterocycles. The van der Waals surface area contributed by atoms with Crippen LogP contribution in [0.2, 0.25) is 5.02 Å². The minimum absolute atomic E-state index is 0.259. The van der Waals surface area contributed by atoms with E-state index in [-0.39, 0.29) is 6.17 Å². The van der Waals surface area contributed by atoms with Crippen molar-refractivity contribution in [3.8, 4) is 0 Å². The molecular formula is C25H24ClN3O. The minimum atomic E-state index is -0.259. The zero-order valence-electron chi connectivity index (χ0n) is 16.7. The second-order valence-electron chi connectivity index (χ2n) is 8.61. The van der Waals surface area contributed by atoms with E-state index < -0.39 is 0 Å². The van der Waals surface area contributed by atoms with Gasteiger partial charge in [0.15, 0.2) is 12.5 Å². The third-order valence-electron chi connectivity index (χ3n) is 7.13. The summed E-state index contributed by atoms with van der Waals surface area (Å²) in [5.74, 6) is 0. The molecule has 5 heteroatoms. The number of aldehydes is 1. The molecule has 1 aliphatic carbocycles. The first-order valence-electron chi connectivity index (χ1n) is 10.8. The van der Waals surface area contributed by atoms with Crippen LogP contribution >= 0.6 is 11.6 Å². The maximum absolute atomic E-state index is 11.7. The molecule has 4 nitrogen and oxygen atoms in total. The maximum Gasteiger partial charge on any atom is 0.162 e. The molecule has 1 unspecified atom stereocenters. The van der Waals surface area contributed by atoms with Crippen LogP contribution in [-0.4, -0.2) is 36.5 Å². The van der Waals surface area contributed by atoms with Crippen molar-refractivity contribution < 1.29 is 4.79 Å². The molecule has 3 aliphatic rings. The number of halogens is 1. The summed E-state index contributed by atoms with van der Waals surface area (Å²) >= 11 is 6.47. The third-order valence-corrected chi connectivity index (χ3v) is 7.46. The van der Waals surface area contributed by atoms with Crippen molar-refractivity contribution in [2.75, 3.05) is 23.3 Å². The Morgan fingerprint density at radius 1 is 1.00 bits per heavy atom. The summed E-state index contributed by atoms with van der Waals surface area (Å²) < 4.78 is 0. The van der Waals surface area contributed by atoms with E-state index in [1.165, 1.54) is 21.9 Å². The van der Waals surface area contributed by atoms with Crippen molar-refractivity contribution in [1.82, 2.24) is 4.90 Å². The lowest BCUT2D eigenvalue weighted by molar-refractivity contribution is -0.108. The van der Waals surface area contributed by atoms with Crippen molar-refractivity contribution in [1.29, 1.82) is 0 Å². The second-order valence-corrected chi connectivity index (χ2v) is 9.02. The van der Waals surface area contributed by atoms with E-state index in [2.05, 4.69) is 63.6 Å². The highest BCUT2D eigenvalue weighted by atomic mass is 35.5. The highest BCUT2D eigenvalue weighted by Crippen LogP contribution is 2.44. The zero-order valence-corrected chi connectivity index (χ0v) is 17.5. The number of carbonyl (C=O) groups is 1. The van der Waals surface area contributed by atoms with Gasteiger partial charge in [0.1, 0.15) is 0 Å². The maximum atomic E-state index is 11.7. The van der Waals surface area contributed by atoms with E-state index in [4.69, 9.17) is 11.6 Å². The number of anilines is 2. The van der Waals surface area contributed by atoms with Crippen LogP contribution in [0.3, 0.4) is 0 Å². The number of fused-ring (bicyclic) bond motifs is 1. The van der Waals surface area contributed by atoms with Crippen molar-refractivity contribution in [2.45, 2.75) is 37.5 Å². The number of para-hydroxylation sites is 2. The van der Waals surface area contributed by atoms with Gasteiger partial charge in [0.25, 0.3) is 0 Å². The Morgan fingerprint density at radius 3 is 2.67 bits per heavy atom. The fourth-order valence-electron chi connectivity index (χ4n) is 5.77. The highest BCUT2D eigenvalue weighted by Gasteiger charge is 2.38. The summed E-state index contributed by atoms with van der Waals surface area (Å²) in [6.07, 6.45) is 3.95. The second kappa shape index (κ2) is 7.00. The summed E-state index contributed by atoms with van der Waals surface area (Å²) in [6.45, 7) is 2.08. The minimum Gasteiger partial charge on any atom is -0.358 e. The number of hydrogen-bond acceptors (Lipinski definition) is 4. The third kappa shape index (κ3) is 2.67. The number of hydrogen-bond donors (Lipinski definition) is 1. The molecule has 0 radical (unpaired) electrons. The van der Waals surface area contributed by atoms with Gasteiger partial charge in [0.05, 0.1) is 11.4 Å². The van der Waals surface area contributed by atoms with Crippen LogP contribution in [0, 0.1) is 0 Å². The molecule has 1 fully saturated rings. The van der Waals surface area contributed by atoms with Gasteiger partial charge in [-0.3, -0.25) is 9.69 Å². The highest BCUT2D eigenvalue weighted by molar-refractivity contribution is 6.35. The lowest BCUT2D eigenvalue weighted by atomic mass is 9.98. The largest absolute Gasteiger partial charge is 0.358 e. The van der Waals surface area contributed by atoms with Crippen LogP contribution in [0.15, 0.2) is 54.6 Å². The molecule has 1 N–H and O–H groups in total. The molecule has 2 atom stereocenters. The predicted octanol–water partition coefficient (Wildman–Crippen LogP) is 5.01. The van der Waals surface area contributed by atoms with E-state index in [0.717, 1.165) is 55.0 Å². The van der Waals surface area contributed by atoms with Gasteiger partial charge in [-0.2, -0.15) is 0 Å². The molecule has 3 aromatic carbocycles. The van der Waals surface area contributed by atoms with Crippen LogP contribution in [0.4, 0.5) is 11.4 Å². The lowest BCUT2D eigenvalue weighted by Gasteiger charge is -2.41. The summed E-state index contributed by atoms with van der Waals surface area (Å²) in [6, 6.07) is 19.8. The smallest absolute Gasteiger partial charge is 0.162 e. The van der Waals surface area contributed by atoms with E-state index >= 15 is 0 Å². The fraction of sp³-hybridized carbons (Fsp3) is 0.320. The normalized spacial score (nSPS) is 23.6. The van der Waals surface area contributed by atoms with Crippen LogP contribution in [-0.2, 0) is 11.2 Å². The van der Waals surface area contributed by atoms with E-state index in [1.54, 1.807) is 0 Å². The van der Waals surface area contributed by atoms with Gasteiger partial charge in [-0.15, -0.1) is 0 Å². The van der Waals surface area contributed by atoms with Crippen molar-refractivity contribution in [3.63, 3.8) is 0 Å². The van der Waals surface area contributed by atoms with Gasteiger partial charge in [-0.1, -0.05) is 48.0 Å². The molecular weight excluding hydrogens is 394 g/mol. The molecule has 30 heavy (non-hydrogen) atoms. The van der Waals surface area contributed by atoms with E-state index in [9.17, 15) is 4.79 Å². The van der Waals surface area contributed by atoms with Crippen LogP contribution in [0.25, 0.3) is 10.8 Å². The Kier molecular flexibility index (Phi) is 4.25. The Morgan fingerprint density at radius 2 is 1.83 bits per heavy atom. The van der Waals surface area contributed by atoms with Crippen molar-refractivity contribution in [2.24, 2.45) is 0 Å². The summed E-state index contributed by atoms with van der Waals surface area (Å²) in [4.78, 5) is 16.7. The summed E-state index contributed by atoms with van der Waals surface area (Å²) in [5.41, 5.74) is 5.05. The molecule has 0 spiro atoms. The number of likely N-dealkylation sites (tertiary alicyclic amines) is 1. The number of piperidine rings is 1. The summed E-state index contributed by atoms with van der Waals surface area (Å²) in [5, 5.41) is 6.74. The monoisotopic (exact) mass is 417 g/mol. The van der Waals surface area contributed by atoms with E-state index in [0.29, 0.717) is 12.1 Å².